The Balaban J connectivity index is 1.42. The lowest BCUT2D eigenvalue weighted by molar-refractivity contribution is 0.202. The molecule has 1 saturated heterocycles. The number of aryl methyl sites for hydroxylation is 1. The van der Waals surface area contributed by atoms with Crippen molar-refractivity contribution in [2.45, 2.75) is 45.2 Å². The molecule has 0 atom stereocenters. The van der Waals surface area contributed by atoms with Crippen LogP contribution in [0.2, 0.25) is 0 Å². The second kappa shape index (κ2) is 6.36. The summed E-state index contributed by atoms with van der Waals surface area (Å²) in [6.07, 6.45) is 3.62. The predicted molar refractivity (Wildman–Crippen MR) is 93.8 cm³/mol. The van der Waals surface area contributed by atoms with Gasteiger partial charge in [-0.1, -0.05) is 30.3 Å². The van der Waals surface area contributed by atoms with E-state index in [9.17, 15) is 0 Å². The van der Waals surface area contributed by atoms with Crippen molar-refractivity contribution in [1.82, 2.24) is 14.7 Å². The smallest absolute Gasteiger partial charge is 0.127 e. The van der Waals surface area contributed by atoms with Crippen LogP contribution in [0, 0.1) is 0 Å². The minimum absolute atomic E-state index is 0.642. The van der Waals surface area contributed by atoms with E-state index in [2.05, 4.69) is 52.2 Å². The van der Waals surface area contributed by atoms with Crippen LogP contribution in [0.4, 0.5) is 5.82 Å². The van der Waals surface area contributed by atoms with Gasteiger partial charge in [-0.25, -0.2) is 4.68 Å². The maximum atomic E-state index is 4.92. The van der Waals surface area contributed by atoms with E-state index in [1.54, 1.807) is 0 Å². The summed E-state index contributed by atoms with van der Waals surface area (Å²) >= 11 is 0. The van der Waals surface area contributed by atoms with E-state index < -0.39 is 0 Å². The number of hydrogen-bond acceptors (Lipinski definition) is 3. The number of hydrogen-bond donors (Lipinski definition) is 1. The van der Waals surface area contributed by atoms with Gasteiger partial charge in [-0.05, 0) is 44.8 Å². The van der Waals surface area contributed by atoms with Gasteiger partial charge in [-0.2, -0.15) is 5.10 Å². The van der Waals surface area contributed by atoms with Gasteiger partial charge in [-0.3, -0.25) is 4.90 Å². The zero-order chi connectivity index (χ0) is 15.6. The van der Waals surface area contributed by atoms with Crippen LogP contribution in [0.1, 0.15) is 42.5 Å². The minimum atomic E-state index is 0.642. The number of benzene rings is 1. The van der Waals surface area contributed by atoms with E-state index in [0.717, 1.165) is 26.1 Å². The minimum Gasteiger partial charge on any atom is -0.370 e. The van der Waals surface area contributed by atoms with Crippen molar-refractivity contribution in [3.63, 3.8) is 0 Å². The fourth-order valence-electron chi connectivity index (χ4n) is 4.03. The van der Waals surface area contributed by atoms with Crippen LogP contribution in [-0.4, -0.2) is 34.3 Å². The average molecular weight is 310 g/mol. The molecule has 1 aromatic heterocycles. The normalized spacial score (nSPS) is 18.8. The Morgan fingerprint density at radius 3 is 2.70 bits per heavy atom. The molecule has 1 fully saturated rings. The zero-order valence-corrected chi connectivity index (χ0v) is 14.0. The van der Waals surface area contributed by atoms with Crippen LogP contribution in [0.15, 0.2) is 30.3 Å². The SMILES string of the molecule is CCn1nc(C2CCN(Cc3ccccc3)CC2)c2c1NCC2. The number of nitrogens with one attached hydrogen (secondary N) is 1. The fraction of sp³-hybridized carbons (Fsp3) is 0.526. The van der Waals surface area contributed by atoms with Crippen molar-refractivity contribution in [2.24, 2.45) is 0 Å². The van der Waals surface area contributed by atoms with Gasteiger partial charge >= 0.3 is 0 Å². The van der Waals surface area contributed by atoms with E-state index in [4.69, 9.17) is 5.10 Å². The molecule has 122 valence electrons. The number of piperidine rings is 1. The number of nitrogens with zero attached hydrogens (tertiary/aromatic N) is 3. The summed E-state index contributed by atoms with van der Waals surface area (Å²) in [6, 6.07) is 10.8. The van der Waals surface area contributed by atoms with Gasteiger partial charge in [-0.15, -0.1) is 0 Å². The van der Waals surface area contributed by atoms with Crippen LogP contribution in [0.3, 0.4) is 0 Å². The largest absolute Gasteiger partial charge is 0.370 e. The number of likely N-dealkylation sites (tertiary alicyclic amines) is 1. The highest BCUT2D eigenvalue weighted by atomic mass is 15.3. The number of fused-ring (bicyclic) bond motifs is 1. The molecule has 4 rings (SSSR count). The van der Waals surface area contributed by atoms with E-state index in [1.165, 1.54) is 48.6 Å². The lowest BCUT2D eigenvalue weighted by Gasteiger charge is -2.31. The molecule has 2 aliphatic heterocycles. The van der Waals surface area contributed by atoms with Gasteiger partial charge in [0.25, 0.3) is 0 Å². The molecule has 0 bridgehead atoms. The Morgan fingerprint density at radius 2 is 1.96 bits per heavy atom. The van der Waals surface area contributed by atoms with E-state index in [1.807, 2.05) is 0 Å². The zero-order valence-electron chi connectivity index (χ0n) is 14.0. The summed E-state index contributed by atoms with van der Waals surface area (Å²) in [4.78, 5) is 2.58. The molecule has 3 heterocycles. The standard InChI is InChI=1S/C19H26N4/c1-2-23-19-17(8-11-20-19)18(21-23)16-9-12-22(13-10-16)14-15-6-4-3-5-7-15/h3-7,16,20H,2,8-14H2,1H3. The molecule has 2 aromatic rings. The van der Waals surface area contributed by atoms with Gasteiger partial charge < -0.3 is 5.32 Å². The highest BCUT2D eigenvalue weighted by Crippen LogP contribution is 2.35. The Hall–Kier alpha value is -1.81. The van der Waals surface area contributed by atoms with Crippen molar-refractivity contribution in [1.29, 1.82) is 0 Å². The van der Waals surface area contributed by atoms with Gasteiger partial charge in [0, 0.05) is 31.1 Å². The third kappa shape index (κ3) is 2.88. The number of rotatable bonds is 4. The van der Waals surface area contributed by atoms with Gasteiger partial charge in [0.1, 0.15) is 5.82 Å². The average Bonchev–Trinajstić information content (AvgIpc) is 3.19. The Kier molecular flexibility index (Phi) is 4.08. The van der Waals surface area contributed by atoms with E-state index >= 15 is 0 Å². The van der Waals surface area contributed by atoms with Crippen molar-refractivity contribution >= 4 is 5.82 Å². The quantitative estimate of drug-likeness (QED) is 0.941. The molecule has 2 aliphatic rings. The van der Waals surface area contributed by atoms with E-state index in [-0.39, 0.29) is 0 Å². The number of anilines is 1. The van der Waals surface area contributed by atoms with Crippen molar-refractivity contribution < 1.29 is 0 Å². The molecule has 0 saturated carbocycles. The van der Waals surface area contributed by atoms with Crippen LogP contribution in [0.5, 0.6) is 0 Å². The third-order valence-corrected chi connectivity index (χ3v) is 5.27. The highest BCUT2D eigenvalue weighted by Gasteiger charge is 2.29. The summed E-state index contributed by atoms with van der Waals surface area (Å²) in [6.45, 7) is 7.66. The molecule has 23 heavy (non-hydrogen) atoms. The van der Waals surface area contributed by atoms with Crippen LogP contribution in [0.25, 0.3) is 0 Å². The highest BCUT2D eigenvalue weighted by molar-refractivity contribution is 5.53. The van der Waals surface area contributed by atoms with Gasteiger partial charge in [0.15, 0.2) is 0 Å². The first-order chi connectivity index (χ1) is 11.3. The summed E-state index contributed by atoms with van der Waals surface area (Å²) in [5.74, 6) is 1.93. The van der Waals surface area contributed by atoms with Crippen LogP contribution in [-0.2, 0) is 19.5 Å². The third-order valence-electron chi connectivity index (χ3n) is 5.27. The molecule has 0 amide bonds. The second-order valence-corrected chi connectivity index (χ2v) is 6.74. The molecule has 1 aromatic carbocycles. The first-order valence-electron chi connectivity index (χ1n) is 8.95. The summed E-state index contributed by atoms with van der Waals surface area (Å²) in [5.41, 5.74) is 4.30. The molecule has 0 spiro atoms. The van der Waals surface area contributed by atoms with Crippen LogP contribution < -0.4 is 5.32 Å². The van der Waals surface area contributed by atoms with E-state index in [0.29, 0.717) is 5.92 Å². The lowest BCUT2D eigenvalue weighted by Crippen LogP contribution is -2.32. The summed E-state index contributed by atoms with van der Waals surface area (Å²) in [7, 11) is 0. The summed E-state index contributed by atoms with van der Waals surface area (Å²) < 4.78 is 2.16. The predicted octanol–water partition coefficient (Wildman–Crippen LogP) is 3.25. The Bertz CT molecular complexity index is 654. The fourth-order valence-corrected chi connectivity index (χ4v) is 4.03. The molecule has 0 unspecified atom stereocenters. The lowest BCUT2D eigenvalue weighted by atomic mass is 9.90. The molecule has 1 N–H and O–H groups in total. The molecular weight excluding hydrogens is 284 g/mol. The maximum Gasteiger partial charge on any atom is 0.127 e. The van der Waals surface area contributed by atoms with Crippen molar-refractivity contribution in [3.8, 4) is 0 Å². The second-order valence-electron chi connectivity index (χ2n) is 6.74. The maximum absolute atomic E-state index is 4.92. The first-order valence-corrected chi connectivity index (χ1v) is 8.95. The summed E-state index contributed by atoms with van der Waals surface area (Å²) in [5, 5.41) is 8.43. The van der Waals surface area contributed by atoms with Gasteiger partial charge in [0.2, 0.25) is 0 Å². The van der Waals surface area contributed by atoms with Crippen LogP contribution >= 0.6 is 0 Å². The Labute approximate surface area is 138 Å². The monoisotopic (exact) mass is 310 g/mol. The Morgan fingerprint density at radius 1 is 1.17 bits per heavy atom. The van der Waals surface area contributed by atoms with Crippen molar-refractivity contribution in [2.75, 3.05) is 25.0 Å². The first kappa shape index (κ1) is 14.8. The molecular formula is C19H26N4. The van der Waals surface area contributed by atoms with Gasteiger partial charge in [0.05, 0.1) is 5.69 Å². The molecule has 4 heteroatoms. The molecule has 0 radical (unpaired) electrons. The topological polar surface area (TPSA) is 33.1 Å². The van der Waals surface area contributed by atoms with Crippen molar-refractivity contribution in [3.05, 3.63) is 47.2 Å². The number of aromatic nitrogens is 2. The molecule has 4 nitrogen and oxygen atoms in total. The molecule has 0 aliphatic carbocycles.